The summed E-state index contributed by atoms with van der Waals surface area (Å²) >= 11 is 2.19. The monoisotopic (exact) mass is 317 g/mol. The third kappa shape index (κ3) is 4.78. The zero-order chi connectivity index (χ0) is 11.1. The Morgan fingerprint density at radius 1 is 1.60 bits per heavy atom. The highest BCUT2D eigenvalue weighted by Crippen LogP contribution is 2.26. The Morgan fingerprint density at radius 2 is 2.40 bits per heavy atom. The highest BCUT2D eigenvalue weighted by Gasteiger charge is 2.21. The molecule has 1 saturated carbocycles. The Balaban J connectivity index is 2.22. The number of hydrogen-bond donors (Lipinski definition) is 0. The Labute approximate surface area is 105 Å². The molecule has 1 atom stereocenters. The van der Waals surface area contributed by atoms with Crippen LogP contribution in [0.25, 0.3) is 0 Å². The van der Waals surface area contributed by atoms with Gasteiger partial charge in [0.15, 0.2) is 0 Å². The van der Waals surface area contributed by atoms with Crippen LogP contribution in [0.15, 0.2) is 9.66 Å². The number of halogens is 1. The van der Waals surface area contributed by atoms with Gasteiger partial charge in [-0.1, -0.05) is 6.42 Å². The largest absolute Gasteiger partial charge is 0.299 e. The number of Topliss-reactive ketones (excluding diaryl/α,β-unsaturated/α-hetero) is 1. The number of carbonyl (C=O) groups is 1. The molecule has 2 nitrogen and oxygen atoms in total. The molecule has 1 fully saturated rings. The summed E-state index contributed by atoms with van der Waals surface area (Å²) in [5, 5.41) is 8.44. The van der Waals surface area contributed by atoms with Crippen molar-refractivity contribution in [2.75, 3.05) is 0 Å². The van der Waals surface area contributed by atoms with E-state index in [-0.39, 0.29) is 0 Å². The van der Waals surface area contributed by atoms with E-state index in [0.29, 0.717) is 11.7 Å². The quantitative estimate of drug-likeness (QED) is 0.585. The first-order valence-electron chi connectivity index (χ1n) is 5.51. The summed E-state index contributed by atoms with van der Waals surface area (Å²) in [5.74, 6) is 0.769. The molecule has 15 heavy (non-hydrogen) atoms. The van der Waals surface area contributed by atoms with Gasteiger partial charge in [0.1, 0.15) is 5.78 Å². The minimum atomic E-state index is 0.310. The molecule has 0 aliphatic heterocycles. The van der Waals surface area contributed by atoms with Crippen LogP contribution in [0.2, 0.25) is 0 Å². The summed E-state index contributed by atoms with van der Waals surface area (Å²) < 4.78 is 1.10. The molecule has 0 N–H and O–H groups in total. The van der Waals surface area contributed by atoms with Crippen molar-refractivity contribution in [3.63, 3.8) is 0 Å². The molecule has 1 unspecified atom stereocenters. The van der Waals surface area contributed by atoms with Crippen LogP contribution in [0.5, 0.6) is 0 Å². The van der Waals surface area contributed by atoms with Gasteiger partial charge < -0.3 is 0 Å². The van der Waals surface area contributed by atoms with Gasteiger partial charge in [-0.25, -0.2) is 0 Å². The van der Waals surface area contributed by atoms with Crippen LogP contribution in [0, 0.1) is 17.2 Å². The Hall–Kier alpha value is -0.370. The van der Waals surface area contributed by atoms with E-state index in [4.69, 9.17) is 5.26 Å². The van der Waals surface area contributed by atoms with E-state index in [1.165, 1.54) is 6.42 Å². The first kappa shape index (κ1) is 12.7. The van der Waals surface area contributed by atoms with Crippen LogP contribution in [0.4, 0.5) is 0 Å². The lowest BCUT2D eigenvalue weighted by atomic mass is 9.84. The highest BCUT2D eigenvalue weighted by atomic mass is 127. The maximum atomic E-state index is 11.5. The standard InChI is InChI=1S/C12H16INO/c13-11(8-9-14)6-3-5-10-4-1-2-7-12(10)15/h8,10H,1-7H2/b11-8+. The molecule has 0 saturated heterocycles. The van der Waals surface area contributed by atoms with Crippen molar-refractivity contribution < 1.29 is 4.79 Å². The van der Waals surface area contributed by atoms with Crippen LogP contribution in [-0.4, -0.2) is 5.78 Å². The lowest BCUT2D eigenvalue weighted by Crippen LogP contribution is -2.18. The topological polar surface area (TPSA) is 40.9 Å². The predicted molar refractivity (Wildman–Crippen MR) is 68.5 cm³/mol. The number of nitrogens with zero attached hydrogens (tertiary/aromatic N) is 1. The lowest BCUT2D eigenvalue weighted by molar-refractivity contribution is -0.124. The molecule has 0 aromatic rings. The third-order valence-corrected chi connectivity index (χ3v) is 3.72. The van der Waals surface area contributed by atoms with Crippen LogP contribution in [-0.2, 0) is 4.79 Å². The van der Waals surface area contributed by atoms with Gasteiger partial charge in [-0.05, 0) is 54.7 Å². The summed E-state index contributed by atoms with van der Waals surface area (Å²) in [7, 11) is 0. The summed E-state index contributed by atoms with van der Waals surface area (Å²) in [6.45, 7) is 0. The second-order valence-electron chi connectivity index (χ2n) is 4.02. The lowest BCUT2D eigenvalue weighted by Gasteiger charge is -2.19. The van der Waals surface area contributed by atoms with Crippen molar-refractivity contribution >= 4 is 28.4 Å². The van der Waals surface area contributed by atoms with Gasteiger partial charge in [-0.3, -0.25) is 4.79 Å². The minimum Gasteiger partial charge on any atom is -0.299 e. The van der Waals surface area contributed by atoms with E-state index >= 15 is 0 Å². The number of ketones is 1. The minimum absolute atomic E-state index is 0.310. The fraction of sp³-hybridized carbons (Fsp3) is 0.667. The van der Waals surface area contributed by atoms with Crippen LogP contribution < -0.4 is 0 Å². The molecular weight excluding hydrogens is 301 g/mol. The maximum absolute atomic E-state index is 11.5. The second-order valence-corrected chi connectivity index (χ2v) is 5.41. The molecule has 0 aromatic carbocycles. The molecule has 0 aromatic heterocycles. The van der Waals surface area contributed by atoms with Crippen molar-refractivity contribution in [3.8, 4) is 6.07 Å². The van der Waals surface area contributed by atoms with Gasteiger partial charge in [0.25, 0.3) is 0 Å². The predicted octanol–water partition coefficient (Wildman–Crippen LogP) is 3.76. The van der Waals surface area contributed by atoms with Gasteiger partial charge in [-0.15, -0.1) is 0 Å². The van der Waals surface area contributed by atoms with Gasteiger partial charge in [0, 0.05) is 22.0 Å². The molecule has 0 amide bonds. The molecule has 0 heterocycles. The summed E-state index contributed by atoms with van der Waals surface area (Å²) in [6, 6.07) is 2.03. The van der Waals surface area contributed by atoms with Crippen molar-refractivity contribution in [1.29, 1.82) is 5.26 Å². The average Bonchev–Trinajstić information content (AvgIpc) is 2.21. The Morgan fingerprint density at radius 3 is 3.07 bits per heavy atom. The Bertz CT molecular complexity index is 290. The first-order chi connectivity index (χ1) is 7.24. The number of rotatable bonds is 4. The molecule has 1 aliphatic rings. The summed E-state index contributed by atoms with van der Waals surface area (Å²) in [6.07, 6.45) is 8.73. The molecule has 1 aliphatic carbocycles. The molecule has 3 heteroatoms. The maximum Gasteiger partial charge on any atom is 0.135 e. The van der Waals surface area contributed by atoms with Gasteiger partial charge in [-0.2, -0.15) is 5.26 Å². The first-order valence-corrected chi connectivity index (χ1v) is 6.59. The molecule has 0 spiro atoms. The molecular formula is C12H16INO. The number of hydrogen-bond acceptors (Lipinski definition) is 2. The normalized spacial score (nSPS) is 22.5. The molecule has 0 radical (unpaired) electrons. The van der Waals surface area contributed by atoms with E-state index in [1.54, 1.807) is 6.08 Å². The van der Waals surface area contributed by atoms with Gasteiger partial charge in [0.2, 0.25) is 0 Å². The number of allylic oxidation sites excluding steroid dienone is 2. The zero-order valence-electron chi connectivity index (χ0n) is 8.84. The van der Waals surface area contributed by atoms with Crippen molar-refractivity contribution in [3.05, 3.63) is 9.66 Å². The van der Waals surface area contributed by atoms with Crippen molar-refractivity contribution in [2.24, 2.45) is 5.92 Å². The SMILES string of the molecule is N#C/C=C(/I)CCCC1CCCCC1=O. The number of nitriles is 1. The Kier molecular flexibility index (Phi) is 5.92. The fourth-order valence-electron chi connectivity index (χ4n) is 2.02. The van der Waals surface area contributed by atoms with Gasteiger partial charge >= 0.3 is 0 Å². The molecule has 1 rings (SSSR count). The molecule has 82 valence electrons. The summed E-state index contributed by atoms with van der Waals surface area (Å²) in [4.78, 5) is 11.5. The van der Waals surface area contributed by atoms with E-state index in [1.807, 2.05) is 6.07 Å². The van der Waals surface area contributed by atoms with Crippen LogP contribution >= 0.6 is 22.6 Å². The zero-order valence-corrected chi connectivity index (χ0v) is 11.0. The van der Waals surface area contributed by atoms with Crippen molar-refractivity contribution in [1.82, 2.24) is 0 Å². The van der Waals surface area contributed by atoms with E-state index in [9.17, 15) is 4.79 Å². The second kappa shape index (κ2) is 7.00. The fourth-order valence-corrected chi connectivity index (χ4v) is 2.54. The van der Waals surface area contributed by atoms with Gasteiger partial charge in [0.05, 0.1) is 6.07 Å². The van der Waals surface area contributed by atoms with E-state index in [0.717, 1.165) is 42.1 Å². The van der Waals surface area contributed by atoms with Crippen LogP contribution in [0.3, 0.4) is 0 Å². The highest BCUT2D eigenvalue weighted by molar-refractivity contribution is 14.1. The summed E-state index contributed by atoms with van der Waals surface area (Å²) in [5.41, 5.74) is 0. The van der Waals surface area contributed by atoms with Crippen molar-refractivity contribution in [2.45, 2.75) is 44.9 Å². The van der Waals surface area contributed by atoms with Crippen LogP contribution in [0.1, 0.15) is 44.9 Å². The smallest absolute Gasteiger partial charge is 0.135 e. The third-order valence-electron chi connectivity index (χ3n) is 2.87. The number of carbonyl (C=O) groups excluding carboxylic acids is 1. The molecule has 0 bridgehead atoms. The average molecular weight is 317 g/mol. The van der Waals surface area contributed by atoms with E-state index in [2.05, 4.69) is 22.6 Å². The van der Waals surface area contributed by atoms with E-state index < -0.39 is 0 Å².